The van der Waals surface area contributed by atoms with Gasteiger partial charge in [-0.3, -0.25) is 0 Å². The van der Waals surface area contributed by atoms with E-state index in [1.54, 1.807) is 12.1 Å². The molecule has 0 aliphatic heterocycles. The van der Waals surface area contributed by atoms with Crippen molar-refractivity contribution in [3.05, 3.63) is 40.8 Å². The predicted molar refractivity (Wildman–Crippen MR) is 101 cm³/mol. The maximum absolute atomic E-state index is 11.4. The number of para-hydroxylation sites is 1. The Balaban J connectivity index is 2.21. The van der Waals surface area contributed by atoms with Crippen LogP contribution in [0.4, 0.5) is 5.69 Å². The van der Waals surface area contributed by atoms with Crippen molar-refractivity contribution >= 4 is 25.1 Å². The molecule has 0 aromatic heterocycles. The number of anilines is 1. The van der Waals surface area contributed by atoms with Crippen molar-refractivity contribution < 1.29 is 14.7 Å². The Kier molecular flexibility index (Phi) is 8.43. The van der Waals surface area contributed by atoms with Gasteiger partial charge in [-0.25, -0.2) is 0 Å². The van der Waals surface area contributed by atoms with E-state index in [1.807, 2.05) is 19.1 Å². The van der Waals surface area contributed by atoms with Crippen LogP contribution in [0.1, 0.15) is 46.0 Å². The molecular weight excluding hydrogens is 399 g/mol. The van der Waals surface area contributed by atoms with Crippen molar-refractivity contribution in [2.45, 2.75) is 57.1 Å². The predicted octanol–water partition coefficient (Wildman–Crippen LogP) is 3.64. The molecule has 1 N–H and O–H groups in total. The molecule has 1 aliphatic carbocycles. The molecule has 0 spiro atoms. The van der Waals surface area contributed by atoms with Gasteiger partial charge in [-0.2, -0.15) is 0 Å². The maximum atomic E-state index is 11.4. The summed E-state index contributed by atoms with van der Waals surface area (Å²) >= 11 is -0.140. The molecule has 2 atom stereocenters. The molecule has 0 heterocycles. The number of rotatable bonds is 9. The fourth-order valence-corrected chi connectivity index (χ4v) is 5.30. The van der Waals surface area contributed by atoms with E-state index in [0.29, 0.717) is 12.2 Å². The SMILES string of the molecule is CCOC(OC1=C(C#N)CCCC1)C(CC)[Se]c1ccccc1N([O-])O. The summed E-state index contributed by atoms with van der Waals surface area (Å²) in [6.45, 7) is 4.47. The molecule has 0 fully saturated rings. The van der Waals surface area contributed by atoms with E-state index < -0.39 is 6.29 Å². The first-order chi connectivity index (χ1) is 12.6. The van der Waals surface area contributed by atoms with Crippen molar-refractivity contribution in [1.29, 1.82) is 5.26 Å². The van der Waals surface area contributed by atoms with Crippen LogP contribution in [0.3, 0.4) is 0 Å². The Labute approximate surface area is 161 Å². The van der Waals surface area contributed by atoms with E-state index in [4.69, 9.17) is 9.47 Å². The molecule has 2 unspecified atom stereocenters. The van der Waals surface area contributed by atoms with Gasteiger partial charge in [0.15, 0.2) is 0 Å². The van der Waals surface area contributed by atoms with Crippen LogP contribution in [-0.4, -0.2) is 33.1 Å². The Bertz CT molecular complexity index is 657. The van der Waals surface area contributed by atoms with Gasteiger partial charge in [-0.15, -0.1) is 0 Å². The van der Waals surface area contributed by atoms with E-state index in [1.165, 1.54) is 0 Å². The molecule has 1 aromatic carbocycles. The third-order valence-corrected chi connectivity index (χ3v) is 7.25. The van der Waals surface area contributed by atoms with E-state index in [9.17, 15) is 15.7 Å². The molecule has 142 valence electrons. The number of nitriles is 1. The summed E-state index contributed by atoms with van der Waals surface area (Å²) < 4.78 is 12.8. The third kappa shape index (κ3) is 5.47. The molecule has 0 saturated heterocycles. The summed E-state index contributed by atoms with van der Waals surface area (Å²) in [5.41, 5.74) is 0.973. The van der Waals surface area contributed by atoms with Crippen molar-refractivity contribution in [3.63, 3.8) is 0 Å². The molecule has 7 heteroatoms. The monoisotopic (exact) mass is 425 g/mol. The van der Waals surface area contributed by atoms with E-state index in [-0.39, 0.29) is 30.7 Å². The second kappa shape index (κ2) is 10.6. The van der Waals surface area contributed by atoms with Gasteiger partial charge in [0.05, 0.1) is 0 Å². The van der Waals surface area contributed by atoms with Crippen LogP contribution >= 0.6 is 0 Å². The Morgan fingerprint density at radius 3 is 2.69 bits per heavy atom. The summed E-state index contributed by atoms with van der Waals surface area (Å²) in [4.78, 5) is 0.0536. The Morgan fingerprint density at radius 1 is 1.31 bits per heavy atom. The molecule has 0 radical (unpaired) electrons. The zero-order valence-corrected chi connectivity index (χ0v) is 16.9. The van der Waals surface area contributed by atoms with Crippen LogP contribution < -0.4 is 9.69 Å². The zero-order valence-electron chi connectivity index (χ0n) is 15.2. The van der Waals surface area contributed by atoms with Crippen LogP contribution in [0.15, 0.2) is 35.6 Å². The molecule has 26 heavy (non-hydrogen) atoms. The third-order valence-electron chi connectivity index (χ3n) is 4.20. The molecule has 0 bridgehead atoms. The minimum atomic E-state index is -0.465. The number of benzene rings is 1. The number of hydrogen-bond donors (Lipinski definition) is 1. The standard InChI is InChI=1S/C19H25N2O4Se/c1-3-17(26-18-12-8-6-10-15(18)21(22)23)19(24-4-2)25-16-11-7-5-9-14(16)13-20/h6,8,10,12,17,19,22H,3-5,7,9,11H2,1-2H3/q-1. The van der Waals surface area contributed by atoms with Gasteiger partial charge in [-0.05, 0) is 0 Å². The molecule has 1 aliphatic rings. The topological polar surface area (TPSA) is 88.8 Å². The first kappa shape index (κ1) is 20.8. The van der Waals surface area contributed by atoms with E-state index in [2.05, 4.69) is 13.0 Å². The van der Waals surface area contributed by atoms with Crippen molar-refractivity contribution in [2.75, 3.05) is 11.8 Å². The first-order valence-electron chi connectivity index (χ1n) is 8.92. The van der Waals surface area contributed by atoms with E-state index in [0.717, 1.165) is 42.3 Å². The van der Waals surface area contributed by atoms with Gasteiger partial charge in [0.2, 0.25) is 0 Å². The second-order valence-electron chi connectivity index (χ2n) is 5.97. The fraction of sp³-hybridized carbons (Fsp3) is 0.526. The van der Waals surface area contributed by atoms with Crippen LogP contribution in [0.2, 0.25) is 4.82 Å². The molecular formula is C19H25N2O4Se-. The van der Waals surface area contributed by atoms with Crippen LogP contribution in [0.5, 0.6) is 0 Å². The normalized spacial score (nSPS) is 16.7. The second-order valence-corrected chi connectivity index (χ2v) is 8.66. The molecule has 1 aromatic rings. The fourth-order valence-electron chi connectivity index (χ4n) is 2.86. The number of nitrogens with zero attached hydrogens (tertiary/aromatic N) is 2. The van der Waals surface area contributed by atoms with Gasteiger partial charge in [0.25, 0.3) is 0 Å². The number of ether oxygens (including phenoxy) is 2. The summed E-state index contributed by atoms with van der Waals surface area (Å²) in [6, 6.07) is 9.28. The zero-order chi connectivity index (χ0) is 18.9. The Hall–Kier alpha value is -1.55. The van der Waals surface area contributed by atoms with Crippen molar-refractivity contribution in [3.8, 4) is 6.07 Å². The quantitative estimate of drug-likeness (QED) is 0.370. The number of hydrogen-bond acceptors (Lipinski definition) is 6. The molecule has 0 amide bonds. The molecule has 6 nitrogen and oxygen atoms in total. The van der Waals surface area contributed by atoms with Gasteiger partial charge >= 0.3 is 161 Å². The van der Waals surface area contributed by atoms with Crippen LogP contribution in [0.25, 0.3) is 0 Å². The van der Waals surface area contributed by atoms with Gasteiger partial charge < -0.3 is 0 Å². The van der Waals surface area contributed by atoms with Crippen molar-refractivity contribution in [2.24, 2.45) is 0 Å². The number of allylic oxidation sites excluding steroid dienone is 2. The molecule has 2 rings (SSSR count). The average molecular weight is 424 g/mol. The Morgan fingerprint density at radius 2 is 2.04 bits per heavy atom. The van der Waals surface area contributed by atoms with Crippen LogP contribution in [-0.2, 0) is 9.47 Å². The average Bonchev–Trinajstić information content (AvgIpc) is 2.66. The molecule has 0 saturated carbocycles. The van der Waals surface area contributed by atoms with Crippen molar-refractivity contribution in [1.82, 2.24) is 0 Å². The summed E-state index contributed by atoms with van der Waals surface area (Å²) in [6.07, 6.45) is 3.88. The van der Waals surface area contributed by atoms with E-state index >= 15 is 0 Å². The summed E-state index contributed by atoms with van der Waals surface area (Å²) in [7, 11) is 0. The van der Waals surface area contributed by atoms with Gasteiger partial charge in [0, 0.05) is 0 Å². The van der Waals surface area contributed by atoms with Gasteiger partial charge in [-0.1, -0.05) is 0 Å². The first-order valence-corrected chi connectivity index (χ1v) is 10.8. The summed E-state index contributed by atoms with van der Waals surface area (Å²) in [5, 5.41) is 30.0. The van der Waals surface area contributed by atoms with Crippen LogP contribution in [0, 0.1) is 16.5 Å². The van der Waals surface area contributed by atoms with Gasteiger partial charge in [0.1, 0.15) is 0 Å². The summed E-state index contributed by atoms with van der Waals surface area (Å²) in [5.74, 6) is 0.743. The minimum absolute atomic E-state index is 0.0536.